The quantitative estimate of drug-likeness (QED) is 0.881. The lowest BCUT2D eigenvalue weighted by Crippen LogP contribution is -2.34. The SMILES string of the molecule is CC1CCCN(c2ccc(C(=O)NCCc3cccc(Cl)c3)cn2)C1. The van der Waals surface area contributed by atoms with E-state index >= 15 is 0 Å². The van der Waals surface area contributed by atoms with Crippen LogP contribution < -0.4 is 10.2 Å². The van der Waals surface area contributed by atoms with E-state index in [-0.39, 0.29) is 5.91 Å². The van der Waals surface area contributed by atoms with E-state index in [0.29, 0.717) is 18.0 Å². The second-order valence-corrected chi connectivity index (χ2v) is 7.17. The third-order valence-corrected chi connectivity index (χ3v) is 4.81. The number of aromatic nitrogens is 1. The highest BCUT2D eigenvalue weighted by Gasteiger charge is 2.17. The fraction of sp³-hybridized carbons (Fsp3) is 0.400. The molecule has 1 aliphatic heterocycles. The Morgan fingerprint density at radius 2 is 2.24 bits per heavy atom. The number of piperidine rings is 1. The zero-order valence-corrected chi connectivity index (χ0v) is 15.3. The Morgan fingerprint density at radius 1 is 1.36 bits per heavy atom. The lowest BCUT2D eigenvalue weighted by molar-refractivity contribution is 0.0954. The Bertz CT molecular complexity index is 717. The predicted molar refractivity (Wildman–Crippen MR) is 102 cm³/mol. The average molecular weight is 358 g/mol. The number of amides is 1. The predicted octanol–water partition coefficient (Wildman–Crippen LogP) is 3.94. The summed E-state index contributed by atoms with van der Waals surface area (Å²) in [4.78, 5) is 19.0. The van der Waals surface area contributed by atoms with Crippen molar-refractivity contribution in [3.8, 4) is 0 Å². The van der Waals surface area contributed by atoms with E-state index in [1.807, 2.05) is 36.4 Å². The van der Waals surface area contributed by atoms with E-state index < -0.39 is 0 Å². The highest BCUT2D eigenvalue weighted by Crippen LogP contribution is 2.21. The van der Waals surface area contributed by atoms with E-state index in [0.717, 1.165) is 35.9 Å². The molecule has 25 heavy (non-hydrogen) atoms. The Morgan fingerprint density at radius 3 is 2.96 bits per heavy atom. The monoisotopic (exact) mass is 357 g/mol. The van der Waals surface area contributed by atoms with Crippen molar-refractivity contribution in [1.82, 2.24) is 10.3 Å². The number of nitrogens with one attached hydrogen (secondary N) is 1. The number of carbonyl (C=O) groups is 1. The highest BCUT2D eigenvalue weighted by atomic mass is 35.5. The minimum absolute atomic E-state index is 0.0897. The van der Waals surface area contributed by atoms with Crippen LogP contribution in [0.25, 0.3) is 0 Å². The largest absolute Gasteiger partial charge is 0.356 e. The summed E-state index contributed by atoms with van der Waals surface area (Å²) < 4.78 is 0. The molecule has 1 N–H and O–H groups in total. The maximum Gasteiger partial charge on any atom is 0.252 e. The maximum absolute atomic E-state index is 12.3. The summed E-state index contributed by atoms with van der Waals surface area (Å²) in [6.45, 7) is 4.93. The van der Waals surface area contributed by atoms with Crippen LogP contribution in [0, 0.1) is 5.92 Å². The second kappa shape index (κ2) is 8.34. The molecular formula is C20H24ClN3O. The Hall–Kier alpha value is -2.07. The highest BCUT2D eigenvalue weighted by molar-refractivity contribution is 6.30. The zero-order chi connectivity index (χ0) is 17.6. The summed E-state index contributed by atoms with van der Waals surface area (Å²) in [5.74, 6) is 1.57. The van der Waals surface area contributed by atoms with E-state index in [2.05, 4.69) is 22.1 Å². The Kier molecular flexibility index (Phi) is 5.92. The Labute approximate surface area is 154 Å². The molecule has 1 atom stereocenters. The van der Waals surface area contributed by atoms with Gasteiger partial charge in [0.25, 0.3) is 5.91 Å². The van der Waals surface area contributed by atoms with Crippen LogP contribution in [0.3, 0.4) is 0 Å². The van der Waals surface area contributed by atoms with E-state index in [9.17, 15) is 4.79 Å². The molecule has 2 aromatic rings. The molecule has 2 heterocycles. The summed E-state index contributed by atoms with van der Waals surface area (Å²) in [5.41, 5.74) is 1.71. The van der Waals surface area contributed by atoms with E-state index in [4.69, 9.17) is 11.6 Å². The van der Waals surface area contributed by atoms with Gasteiger partial charge in [-0.15, -0.1) is 0 Å². The van der Waals surface area contributed by atoms with Gasteiger partial charge in [-0.1, -0.05) is 30.7 Å². The maximum atomic E-state index is 12.3. The van der Waals surface area contributed by atoms with Crippen LogP contribution in [-0.2, 0) is 6.42 Å². The molecular weight excluding hydrogens is 334 g/mol. The van der Waals surface area contributed by atoms with Crippen LogP contribution >= 0.6 is 11.6 Å². The summed E-state index contributed by atoms with van der Waals surface area (Å²) in [5, 5.41) is 3.66. The molecule has 0 radical (unpaired) electrons. The molecule has 1 aliphatic rings. The molecule has 5 heteroatoms. The van der Waals surface area contributed by atoms with Gasteiger partial charge < -0.3 is 10.2 Å². The number of hydrogen-bond donors (Lipinski definition) is 1. The van der Waals surface area contributed by atoms with E-state index in [1.165, 1.54) is 12.8 Å². The van der Waals surface area contributed by atoms with Gasteiger partial charge >= 0.3 is 0 Å². The molecule has 3 rings (SSSR count). The van der Waals surface area contributed by atoms with Crippen molar-refractivity contribution in [2.75, 3.05) is 24.5 Å². The van der Waals surface area contributed by atoms with Crippen molar-refractivity contribution >= 4 is 23.3 Å². The fourth-order valence-corrected chi connectivity index (χ4v) is 3.43. The molecule has 1 fully saturated rings. The van der Waals surface area contributed by atoms with Gasteiger partial charge in [-0.3, -0.25) is 4.79 Å². The van der Waals surface area contributed by atoms with Crippen LogP contribution in [0.5, 0.6) is 0 Å². The molecule has 0 saturated carbocycles. The Balaban J connectivity index is 1.52. The van der Waals surface area contributed by atoms with Crippen molar-refractivity contribution in [1.29, 1.82) is 0 Å². The van der Waals surface area contributed by atoms with Crippen LogP contribution in [0.2, 0.25) is 5.02 Å². The number of anilines is 1. The lowest BCUT2D eigenvalue weighted by atomic mass is 10.0. The number of rotatable bonds is 5. The smallest absolute Gasteiger partial charge is 0.252 e. The number of pyridine rings is 1. The normalized spacial score (nSPS) is 17.4. The van der Waals surface area contributed by atoms with Crippen molar-refractivity contribution in [3.63, 3.8) is 0 Å². The molecule has 1 unspecified atom stereocenters. The van der Waals surface area contributed by atoms with Gasteiger partial charge in [0.1, 0.15) is 5.82 Å². The molecule has 132 valence electrons. The number of hydrogen-bond acceptors (Lipinski definition) is 3. The summed E-state index contributed by atoms with van der Waals surface area (Å²) >= 11 is 5.97. The third-order valence-electron chi connectivity index (χ3n) is 4.58. The van der Waals surface area contributed by atoms with Crippen molar-refractivity contribution in [2.24, 2.45) is 5.92 Å². The van der Waals surface area contributed by atoms with Crippen LogP contribution in [-0.4, -0.2) is 30.5 Å². The third kappa shape index (κ3) is 4.95. The molecule has 0 aliphatic carbocycles. The number of halogens is 1. The van der Waals surface area contributed by atoms with Gasteiger partial charge in [-0.25, -0.2) is 4.98 Å². The molecule has 0 spiro atoms. The first-order valence-corrected chi connectivity index (χ1v) is 9.23. The second-order valence-electron chi connectivity index (χ2n) is 6.73. The topological polar surface area (TPSA) is 45.2 Å². The van der Waals surface area contributed by atoms with E-state index in [1.54, 1.807) is 6.20 Å². The fourth-order valence-electron chi connectivity index (χ4n) is 3.22. The van der Waals surface area contributed by atoms with Gasteiger partial charge in [0.05, 0.1) is 5.56 Å². The molecule has 1 aromatic carbocycles. The minimum atomic E-state index is -0.0897. The standard InChI is InChI=1S/C20H24ClN3O/c1-15-4-3-11-24(14-15)19-8-7-17(13-23-19)20(25)22-10-9-16-5-2-6-18(21)12-16/h2,5-8,12-13,15H,3-4,9-11,14H2,1H3,(H,22,25). The molecule has 4 nitrogen and oxygen atoms in total. The van der Waals surface area contributed by atoms with Crippen molar-refractivity contribution in [2.45, 2.75) is 26.2 Å². The number of carbonyl (C=O) groups excluding carboxylic acids is 1. The first-order chi connectivity index (χ1) is 12.1. The van der Waals surface area contributed by atoms with Gasteiger partial charge in [-0.2, -0.15) is 0 Å². The van der Waals surface area contributed by atoms with Gasteiger partial charge in [0, 0.05) is 30.9 Å². The first kappa shape index (κ1) is 17.7. The number of nitrogens with zero attached hydrogens (tertiary/aromatic N) is 2. The van der Waals surface area contributed by atoms with Crippen LogP contribution in [0.15, 0.2) is 42.6 Å². The van der Waals surface area contributed by atoms with Gasteiger partial charge in [0.15, 0.2) is 0 Å². The lowest BCUT2D eigenvalue weighted by Gasteiger charge is -2.31. The van der Waals surface area contributed by atoms with Gasteiger partial charge in [0.2, 0.25) is 0 Å². The summed E-state index contributed by atoms with van der Waals surface area (Å²) in [6, 6.07) is 11.5. The first-order valence-electron chi connectivity index (χ1n) is 8.85. The molecule has 1 amide bonds. The zero-order valence-electron chi connectivity index (χ0n) is 14.5. The molecule has 0 bridgehead atoms. The van der Waals surface area contributed by atoms with Gasteiger partial charge in [-0.05, 0) is 55.0 Å². The van der Waals surface area contributed by atoms with Crippen molar-refractivity contribution in [3.05, 3.63) is 58.7 Å². The van der Waals surface area contributed by atoms with Crippen LogP contribution in [0.4, 0.5) is 5.82 Å². The summed E-state index contributed by atoms with van der Waals surface area (Å²) in [6.07, 6.45) is 4.91. The van der Waals surface area contributed by atoms with Crippen LogP contribution in [0.1, 0.15) is 35.7 Å². The van der Waals surface area contributed by atoms with Crippen molar-refractivity contribution < 1.29 is 4.79 Å². The summed E-state index contributed by atoms with van der Waals surface area (Å²) in [7, 11) is 0. The molecule has 1 aromatic heterocycles. The molecule has 1 saturated heterocycles. The average Bonchev–Trinajstić information content (AvgIpc) is 2.62. The minimum Gasteiger partial charge on any atom is -0.356 e. The number of benzene rings is 1.